The summed E-state index contributed by atoms with van der Waals surface area (Å²) in [4.78, 5) is 28.9. The van der Waals surface area contributed by atoms with Gasteiger partial charge in [0, 0.05) is 31.6 Å². The van der Waals surface area contributed by atoms with E-state index in [4.69, 9.17) is 9.47 Å². The van der Waals surface area contributed by atoms with Crippen molar-refractivity contribution in [2.24, 2.45) is 5.41 Å². The van der Waals surface area contributed by atoms with Crippen LogP contribution in [0.2, 0.25) is 0 Å². The number of ketones is 1. The van der Waals surface area contributed by atoms with E-state index in [0.29, 0.717) is 29.9 Å². The lowest BCUT2D eigenvalue weighted by atomic mass is 9.90. The molecule has 1 aromatic heterocycles. The summed E-state index contributed by atoms with van der Waals surface area (Å²) < 4.78 is 27.8. The Morgan fingerprint density at radius 2 is 1.79 bits per heavy atom. The van der Waals surface area contributed by atoms with Crippen LogP contribution >= 0.6 is 0 Å². The van der Waals surface area contributed by atoms with Crippen LogP contribution in [-0.2, 0) is 22.5 Å². The molecule has 2 atom stereocenters. The molecule has 2 bridgehead atoms. The summed E-state index contributed by atoms with van der Waals surface area (Å²) in [5, 5.41) is 4.59. The molecule has 2 aliphatic heterocycles. The first kappa shape index (κ1) is 27.3. The van der Waals surface area contributed by atoms with Crippen LogP contribution in [0.25, 0.3) is 17.1 Å². The molecule has 0 radical (unpaired) electrons. The van der Waals surface area contributed by atoms with E-state index >= 15 is 0 Å². The zero-order valence-electron chi connectivity index (χ0n) is 23.2. The van der Waals surface area contributed by atoms with Crippen LogP contribution in [0.1, 0.15) is 45.6 Å². The van der Waals surface area contributed by atoms with Crippen molar-refractivity contribution < 1.29 is 18.7 Å². The van der Waals surface area contributed by atoms with E-state index in [9.17, 15) is 14.0 Å². The number of rotatable bonds is 9. The van der Waals surface area contributed by atoms with E-state index in [2.05, 4.69) is 10.00 Å². The Morgan fingerprint density at radius 3 is 2.44 bits per heavy atom. The second kappa shape index (κ2) is 11.1. The Morgan fingerprint density at radius 1 is 1.10 bits per heavy atom. The van der Waals surface area contributed by atoms with Crippen LogP contribution in [0.4, 0.5) is 4.39 Å². The molecule has 3 heterocycles. The fourth-order valence-corrected chi connectivity index (χ4v) is 5.52. The lowest BCUT2D eigenvalue weighted by Gasteiger charge is -2.32. The van der Waals surface area contributed by atoms with Gasteiger partial charge in [-0.15, -0.1) is 5.10 Å². The predicted molar refractivity (Wildman–Crippen MR) is 147 cm³/mol. The molecule has 0 N–H and O–H groups in total. The van der Waals surface area contributed by atoms with Crippen LogP contribution in [0.3, 0.4) is 0 Å². The van der Waals surface area contributed by atoms with Crippen molar-refractivity contribution in [3.05, 3.63) is 64.3 Å². The van der Waals surface area contributed by atoms with Gasteiger partial charge in [0.2, 0.25) is 0 Å². The molecule has 0 saturated carbocycles. The molecule has 2 fully saturated rings. The van der Waals surface area contributed by atoms with Gasteiger partial charge in [0.25, 0.3) is 0 Å². The highest BCUT2D eigenvalue weighted by molar-refractivity contribution is 5.79. The largest absolute Gasteiger partial charge is 0.494 e. The number of aromatic nitrogens is 3. The third kappa shape index (κ3) is 6.31. The van der Waals surface area contributed by atoms with Crippen molar-refractivity contribution in [3.63, 3.8) is 0 Å². The summed E-state index contributed by atoms with van der Waals surface area (Å²) in [5.41, 5.74) is 1.63. The highest BCUT2D eigenvalue weighted by Gasteiger charge is 2.33. The molecule has 9 heteroatoms. The summed E-state index contributed by atoms with van der Waals surface area (Å²) in [7, 11) is 1.38. The van der Waals surface area contributed by atoms with Crippen molar-refractivity contribution in [1.29, 1.82) is 0 Å². The average Bonchev–Trinajstić information content (AvgIpc) is 3.40. The molecule has 2 unspecified atom stereocenters. The van der Waals surface area contributed by atoms with E-state index in [1.807, 2.05) is 45.0 Å². The molecule has 5 rings (SSSR count). The lowest BCUT2D eigenvalue weighted by Crippen LogP contribution is -2.43. The predicted octanol–water partition coefficient (Wildman–Crippen LogP) is 4.26. The summed E-state index contributed by atoms with van der Waals surface area (Å²) in [6.45, 7) is 8.77. The minimum Gasteiger partial charge on any atom is -0.494 e. The summed E-state index contributed by atoms with van der Waals surface area (Å²) in [6.07, 6.45) is 4.29. The number of methoxy groups -OCH3 is 1. The molecular formula is C30H37FN4O4. The van der Waals surface area contributed by atoms with Gasteiger partial charge in [-0.1, -0.05) is 32.9 Å². The quantitative estimate of drug-likeness (QED) is 0.407. The third-order valence-corrected chi connectivity index (χ3v) is 7.35. The Hall–Kier alpha value is -3.30. The molecule has 0 spiro atoms. The fraction of sp³-hybridized carbons (Fsp3) is 0.500. The molecule has 2 aromatic carbocycles. The monoisotopic (exact) mass is 536 g/mol. The molecule has 0 amide bonds. The van der Waals surface area contributed by atoms with Gasteiger partial charge >= 0.3 is 5.69 Å². The van der Waals surface area contributed by atoms with Gasteiger partial charge < -0.3 is 9.47 Å². The fourth-order valence-electron chi connectivity index (χ4n) is 5.52. The maximum atomic E-state index is 14.1. The smallest absolute Gasteiger partial charge is 0.351 e. The highest BCUT2D eigenvalue weighted by Crippen LogP contribution is 2.27. The number of fused-ring (bicyclic) bond motifs is 2. The van der Waals surface area contributed by atoms with Gasteiger partial charge in [0.1, 0.15) is 0 Å². The van der Waals surface area contributed by atoms with Gasteiger partial charge in [-0.25, -0.2) is 9.18 Å². The Kier molecular flexibility index (Phi) is 7.73. The minimum atomic E-state index is -0.515. The number of benzene rings is 2. The number of carbonyl (C=O) groups is 1. The van der Waals surface area contributed by atoms with Crippen molar-refractivity contribution in [1.82, 2.24) is 19.2 Å². The zero-order chi connectivity index (χ0) is 27.7. The maximum Gasteiger partial charge on any atom is 0.351 e. The number of Topliss-reactive ketones (excluding diaryl/α,β-unsaturated/α-hetero) is 1. The van der Waals surface area contributed by atoms with Crippen LogP contribution < -0.4 is 10.4 Å². The summed E-state index contributed by atoms with van der Waals surface area (Å²) >= 11 is 0. The number of nitrogens with zero attached hydrogens (tertiary/aromatic N) is 4. The number of likely N-dealkylation sites (tertiary alicyclic amines) is 1. The van der Waals surface area contributed by atoms with Gasteiger partial charge in [0.05, 0.1) is 31.5 Å². The standard InChI is InChI=1S/C30H37FN4O4/c1-30(2,3)16-23(36)17-34-28(21-7-12-26(31)27(15-21)38-4)32-35(29(34)37)22-8-5-20(6-9-22)13-14-33-18-24-10-11-25(19-33)39-24/h5-9,12,15,24-25H,10-11,13-14,16-19H2,1-4H3. The van der Waals surface area contributed by atoms with Crippen molar-refractivity contribution >= 4 is 5.78 Å². The molecule has 3 aromatic rings. The van der Waals surface area contributed by atoms with Gasteiger partial charge in [0.15, 0.2) is 23.2 Å². The molecule has 39 heavy (non-hydrogen) atoms. The van der Waals surface area contributed by atoms with E-state index in [1.165, 1.54) is 40.1 Å². The molecule has 208 valence electrons. The molecule has 8 nitrogen and oxygen atoms in total. The average molecular weight is 537 g/mol. The summed E-state index contributed by atoms with van der Waals surface area (Å²) in [5.74, 6) is -0.267. The van der Waals surface area contributed by atoms with Crippen LogP contribution in [0, 0.1) is 11.2 Å². The molecule has 2 aliphatic rings. The number of hydrogen-bond donors (Lipinski definition) is 0. The SMILES string of the molecule is COc1cc(-c2nn(-c3ccc(CCN4CC5CCC(C4)O5)cc3)c(=O)n2CC(=O)CC(C)(C)C)ccc1F. The normalized spacial score (nSPS) is 19.4. The van der Waals surface area contributed by atoms with Crippen LogP contribution in [-0.4, -0.2) is 64.0 Å². The van der Waals surface area contributed by atoms with Crippen molar-refractivity contribution in [3.8, 4) is 22.8 Å². The first-order valence-electron chi connectivity index (χ1n) is 13.6. The second-order valence-corrected chi connectivity index (χ2v) is 11.9. The Bertz CT molecular complexity index is 1380. The Balaban J connectivity index is 1.40. The first-order chi connectivity index (χ1) is 18.6. The molecule has 2 saturated heterocycles. The number of hydrogen-bond acceptors (Lipinski definition) is 6. The summed E-state index contributed by atoms with van der Waals surface area (Å²) in [6, 6.07) is 12.1. The molecule has 0 aliphatic carbocycles. The lowest BCUT2D eigenvalue weighted by molar-refractivity contribution is -0.121. The first-order valence-corrected chi connectivity index (χ1v) is 13.6. The van der Waals surface area contributed by atoms with E-state index < -0.39 is 11.5 Å². The number of halogens is 1. The van der Waals surface area contributed by atoms with E-state index in [0.717, 1.165) is 38.9 Å². The number of ether oxygens (including phenoxy) is 2. The van der Waals surface area contributed by atoms with E-state index in [1.54, 1.807) is 0 Å². The number of carbonyl (C=O) groups excluding carboxylic acids is 1. The molecular weight excluding hydrogens is 499 g/mol. The second-order valence-electron chi connectivity index (χ2n) is 11.9. The topological polar surface area (TPSA) is 78.6 Å². The van der Waals surface area contributed by atoms with Crippen LogP contribution in [0.5, 0.6) is 5.75 Å². The van der Waals surface area contributed by atoms with Crippen molar-refractivity contribution in [2.45, 2.75) is 65.2 Å². The van der Waals surface area contributed by atoms with Gasteiger partial charge in [-0.3, -0.25) is 14.3 Å². The Labute approximate surface area is 228 Å². The highest BCUT2D eigenvalue weighted by atomic mass is 19.1. The maximum absolute atomic E-state index is 14.1. The zero-order valence-corrected chi connectivity index (χ0v) is 23.2. The van der Waals surface area contributed by atoms with E-state index in [-0.39, 0.29) is 29.3 Å². The third-order valence-electron chi connectivity index (χ3n) is 7.35. The van der Waals surface area contributed by atoms with Gasteiger partial charge in [-0.05, 0) is 60.6 Å². The van der Waals surface area contributed by atoms with Crippen molar-refractivity contribution in [2.75, 3.05) is 26.7 Å². The number of morpholine rings is 1. The minimum absolute atomic E-state index is 0.0414. The van der Waals surface area contributed by atoms with Crippen LogP contribution in [0.15, 0.2) is 47.3 Å². The van der Waals surface area contributed by atoms with Gasteiger partial charge in [-0.2, -0.15) is 4.68 Å².